The van der Waals surface area contributed by atoms with Gasteiger partial charge in [0.1, 0.15) is 0 Å². The Balaban J connectivity index is 1.28. The van der Waals surface area contributed by atoms with Gasteiger partial charge in [0.15, 0.2) is 0 Å². The molecule has 0 aliphatic carbocycles. The molecule has 0 bridgehead atoms. The third kappa shape index (κ3) is 4.32. The molecule has 1 aliphatic rings. The SMILES string of the molecule is NC(=O)c1ccc2[nH]cc(CSCCN3CC=C(c4ccccc4)CC3)c2c1. The minimum atomic E-state index is -0.380. The van der Waals surface area contributed by atoms with E-state index in [1.807, 2.05) is 30.1 Å². The highest BCUT2D eigenvalue weighted by molar-refractivity contribution is 7.98. The monoisotopic (exact) mass is 391 g/mol. The summed E-state index contributed by atoms with van der Waals surface area (Å²) in [5.41, 5.74) is 11.1. The number of aromatic nitrogens is 1. The van der Waals surface area contributed by atoms with Crippen LogP contribution in [0.5, 0.6) is 0 Å². The summed E-state index contributed by atoms with van der Waals surface area (Å²) in [5, 5.41) is 1.09. The lowest BCUT2D eigenvalue weighted by molar-refractivity contribution is 0.100. The van der Waals surface area contributed by atoms with Crippen molar-refractivity contribution in [3.63, 3.8) is 0 Å². The molecule has 3 N–H and O–H groups in total. The summed E-state index contributed by atoms with van der Waals surface area (Å²) in [5.74, 6) is 1.65. The Kier molecular flexibility index (Phi) is 5.84. The summed E-state index contributed by atoms with van der Waals surface area (Å²) in [6.45, 7) is 3.24. The number of primary amides is 1. The van der Waals surface area contributed by atoms with Gasteiger partial charge in [-0.2, -0.15) is 11.8 Å². The van der Waals surface area contributed by atoms with Crippen LogP contribution in [0.15, 0.2) is 60.8 Å². The average Bonchev–Trinajstić information content (AvgIpc) is 3.14. The largest absolute Gasteiger partial charge is 0.366 e. The first kappa shape index (κ1) is 18.8. The number of carbonyl (C=O) groups is 1. The average molecular weight is 392 g/mol. The second-order valence-corrected chi connectivity index (χ2v) is 8.24. The highest BCUT2D eigenvalue weighted by atomic mass is 32.2. The zero-order chi connectivity index (χ0) is 19.3. The van der Waals surface area contributed by atoms with Crippen LogP contribution in [-0.4, -0.2) is 41.2 Å². The predicted molar refractivity (Wildman–Crippen MR) is 118 cm³/mol. The first-order valence-electron chi connectivity index (χ1n) is 9.65. The van der Waals surface area contributed by atoms with Gasteiger partial charge >= 0.3 is 0 Å². The molecule has 1 aromatic heterocycles. The van der Waals surface area contributed by atoms with Gasteiger partial charge in [0.2, 0.25) is 5.91 Å². The summed E-state index contributed by atoms with van der Waals surface area (Å²) in [7, 11) is 0. The molecule has 0 radical (unpaired) electrons. The van der Waals surface area contributed by atoms with E-state index in [1.54, 1.807) is 6.07 Å². The van der Waals surface area contributed by atoms with Crippen LogP contribution in [0.25, 0.3) is 16.5 Å². The van der Waals surface area contributed by atoms with Gasteiger partial charge in [-0.3, -0.25) is 9.69 Å². The lowest BCUT2D eigenvalue weighted by atomic mass is 10.00. The Morgan fingerprint density at radius 1 is 1.18 bits per heavy atom. The number of amides is 1. The van der Waals surface area contributed by atoms with Crippen LogP contribution in [0.1, 0.15) is 27.9 Å². The molecule has 28 heavy (non-hydrogen) atoms. The van der Waals surface area contributed by atoms with E-state index < -0.39 is 0 Å². The summed E-state index contributed by atoms with van der Waals surface area (Å²) in [6.07, 6.45) is 5.53. The number of hydrogen-bond donors (Lipinski definition) is 2. The number of nitrogens with one attached hydrogen (secondary N) is 1. The van der Waals surface area contributed by atoms with Gasteiger partial charge in [-0.25, -0.2) is 0 Å². The molecule has 0 atom stereocenters. The van der Waals surface area contributed by atoms with Crippen LogP contribution in [0, 0.1) is 0 Å². The summed E-state index contributed by atoms with van der Waals surface area (Å²) in [4.78, 5) is 17.2. The molecule has 0 saturated carbocycles. The number of rotatable bonds is 7. The van der Waals surface area contributed by atoms with Crippen molar-refractivity contribution in [2.45, 2.75) is 12.2 Å². The zero-order valence-electron chi connectivity index (χ0n) is 15.9. The molecule has 4 nitrogen and oxygen atoms in total. The van der Waals surface area contributed by atoms with E-state index in [9.17, 15) is 4.79 Å². The molecule has 1 aliphatic heterocycles. The molecule has 144 valence electrons. The van der Waals surface area contributed by atoms with E-state index in [1.165, 1.54) is 16.7 Å². The molecule has 1 amide bonds. The van der Waals surface area contributed by atoms with E-state index in [-0.39, 0.29) is 5.91 Å². The highest BCUT2D eigenvalue weighted by Gasteiger charge is 2.13. The van der Waals surface area contributed by atoms with E-state index >= 15 is 0 Å². The molecule has 0 unspecified atom stereocenters. The minimum Gasteiger partial charge on any atom is -0.366 e. The van der Waals surface area contributed by atoms with Crippen LogP contribution in [0.2, 0.25) is 0 Å². The van der Waals surface area contributed by atoms with Gasteiger partial charge in [-0.15, -0.1) is 0 Å². The van der Waals surface area contributed by atoms with E-state index in [0.29, 0.717) is 5.56 Å². The molecular formula is C23H25N3OS. The fourth-order valence-electron chi connectivity index (χ4n) is 3.66. The standard InChI is InChI=1S/C23H25N3OS/c24-23(27)19-6-7-22-21(14-19)20(15-25-22)16-28-13-12-26-10-8-18(9-11-26)17-4-2-1-3-5-17/h1-8,14-15,25H,9-13,16H2,(H2,24,27). The molecule has 5 heteroatoms. The van der Waals surface area contributed by atoms with Crippen molar-refractivity contribution in [2.24, 2.45) is 5.73 Å². The van der Waals surface area contributed by atoms with Crippen molar-refractivity contribution < 1.29 is 4.79 Å². The van der Waals surface area contributed by atoms with Gasteiger partial charge in [0.05, 0.1) is 0 Å². The molecule has 2 heterocycles. The topological polar surface area (TPSA) is 62.1 Å². The van der Waals surface area contributed by atoms with Crippen molar-refractivity contribution in [3.8, 4) is 0 Å². The maximum Gasteiger partial charge on any atom is 0.248 e. The number of H-pyrrole nitrogens is 1. The number of hydrogen-bond acceptors (Lipinski definition) is 3. The van der Waals surface area contributed by atoms with Gasteiger partial charge in [-0.05, 0) is 41.3 Å². The van der Waals surface area contributed by atoms with Crippen molar-refractivity contribution in [1.29, 1.82) is 0 Å². The Labute approximate surface area is 169 Å². The Bertz CT molecular complexity index is 994. The Morgan fingerprint density at radius 3 is 2.79 bits per heavy atom. The van der Waals surface area contributed by atoms with Crippen molar-refractivity contribution in [1.82, 2.24) is 9.88 Å². The maximum atomic E-state index is 11.4. The van der Waals surface area contributed by atoms with E-state index in [2.05, 4.69) is 46.3 Å². The van der Waals surface area contributed by atoms with Crippen LogP contribution in [0.3, 0.4) is 0 Å². The van der Waals surface area contributed by atoms with Crippen LogP contribution in [-0.2, 0) is 5.75 Å². The zero-order valence-corrected chi connectivity index (χ0v) is 16.7. The highest BCUT2D eigenvalue weighted by Crippen LogP contribution is 2.25. The summed E-state index contributed by atoms with van der Waals surface area (Å²) >= 11 is 1.93. The summed E-state index contributed by atoms with van der Waals surface area (Å²) in [6, 6.07) is 16.3. The summed E-state index contributed by atoms with van der Waals surface area (Å²) < 4.78 is 0. The van der Waals surface area contributed by atoms with Crippen LogP contribution < -0.4 is 5.73 Å². The van der Waals surface area contributed by atoms with Crippen molar-refractivity contribution in [2.75, 3.05) is 25.4 Å². The smallest absolute Gasteiger partial charge is 0.248 e. The molecule has 0 spiro atoms. The number of fused-ring (bicyclic) bond motifs is 1. The predicted octanol–water partition coefficient (Wildman–Crippen LogP) is 4.29. The molecule has 4 rings (SSSR count). The number of benzene rings is 2. The molecule has 2 aromatic carbocycles. The second kappa shape index (κ2) is 8.67. The first-order chi connectivity index (χ1) is 13.7. The Morgan fingerprint density at radius 2 is 2.04 bits per heavy atom. The number of aromatic amines is 1. The van der Waals surface area contributed by atoms with Gasteiger partial charge < -0.3 is 10.7 Å². The quantitative estimate of drug-likeness (QED) is 0.591. The normalized spacial score (nSPS) is 14.9. The second-order valence-electron chi connectivity index (χ2n) is 7.14. The van der Waals surface area contributed by atoms with E-state index in [0.717, 1.165) is 48.5 Å². The molecular weight excluding hydrogens is 366 g/mol. The van der Waals surface area contributed by atoms with Crippen LogP contribution >= 0.6 is 11.8 Å². The van der Waals surface area contributed by atoms with Crippen LogP contribution in [0.4, 0.5) is 0 Å². The number of nitrogens with zero attached hydrogens (tertiary/aromatic N) is 1. The third-order valence-corrected chi connectivity index (χ3v) is 6.29. The lowest BCUT2D eigenvalue weighted by Gasteiger charge is -2.26. The van der Waals surface area contributed by atoms with Crippen molar-refractivity contribution >= 4 is 34.1 Å². The lowest BCUT2D eigenvalue weighted by Crippen LogP contribution is -2.30. The number of carbonyl (C=O) groups excluding carboxylic acids is 1. The molecule has 0 saturated heterocycles. The fourth-order valence-corrected chi connectivity index (χ4v) is 4.65. The van der Waals surface area contributed by atoms with Gasteiger partial charge in [0, 0.05) is 53.8 Å². The van der Waals surface area contributed by atoms with E-state index in [4.69, 9.17) is 5.73 Å². The van der Waals surface area contributed by atoms with Crippen molar-refractivity contribution in [3.05, 3.63) is 77.5 Å². The Hall–Kier alpha value is -2.50. The minimum absolute atomic E-state index is 0.380. The van der Waals surface area contributed by atoms with Gasteiger partial charge in [0.25, 0.3) is 0 Å². The number of thioether (sulfide) groups is 1. The third-order valence-electron chi connectivity index (χ3n) is 5.30. The molecule has 0 fully saturated rings. The van der Waals surface area contributed by atoms with Gasteiger partial charge in [-0.1, -0.05) is 36.4 Å². The molecule has 3 aromatic rings. The fraction of sp³-hybridized carbons (Fsp3) is 0.261. The first-order valence-corrected chi connectivity index (χ1v) is 10.8. The number of nitrogens with two attached hydrogens (primary N) is 1. The maximum absolute atomic E-state index is 11.4.